The van der Waals surface area contributed by atoms with Crippen LogP contribution < -0.4 is 5.32 Å². The third kappa shape index (κ3) is 4.59. The Balaban J connectivity index is 2.37. The van der Waals surface area contributed by atoms with Crippen molar-refractivity contribution in [3.8, 4) is 0 Å². The number of carbonyl (C=O) groups excluding carboxylic acids is 1. The fourth-order valence-corrected chi connectivity index (χ4v) is 4.00. The van der Waals surface area contributed by atoms with Gasteiger partial charge >= 0.3 is 0 Å². The van der Waals surface area contributed by atoms with Crippen molar-refractivity contribution in [2.24, 2.45) is 5.92 Å². The molecule has 1 aliphatic rings. The van der Waals surface area contributed by atoms with Gasteiger partial charge in [-0.05, 0) is 25.7 Å². The number of sulfone groups is 1. The molecule has 0 aromatic carbocycles. The van der Waals surface area contributed by atoms with Gasteiger partial charge in [0.15, 0.2) is 9.84 Å². The van der Waals surface area contributed by atoms with E-state index < -0.39 is 9.84 Å². The van der Waals surface area contributed by atoms with Crippen LogP contribution in [0.2, 0.25) is 0 Å². The zero-order valence-electron chi connectivity index (χ0n) is 11.6. The highest BCUT2D eigenvalue weighted by molar-refractivity contribution is 7.92. The molecule has 1 saturated carbocycles. The topological polar surface area (TPSA) is 63.2 Å². The first-order chi connectivity index (χ1) is 8.33. The Morgan fingerprint density at radius 2 is 1.78 bits per heavy atom. The van der Waals surface area contributed by atoms with Gasteiger partial charge in [0, 0.05) is 12.5 Å². The molecule has 0 aliphatic heterocycles. The maximum atomic E-state index is 12.0. The molecule has 106 valence electrons. The SMILES string of the molecule is CC(C)[C@@H](C)NC(=O)CCS(=O)(=O)C1CCCC1. The van der Waals surface area contributed by atoms with Crippen LogP contribution in [0, 0.1) is 5.92 Å². The second-order valence-electron chi connectivity index (χ2n) is 5.62. The summed E-state index contributed by atoms with van der Waals surface area (Å²) < 4.78 is 24.0. The summed E-state index contributed by atoms with van der Waals surface area (Å²) in [7, 11) is -3.07. The zero-order valence-corrected chi connectivity index (χ0v) is 12.4. The standard InChI is InChI=1S/C13H25NO3S/c1-10(2)11(3)14-13(15)8-9-18(16,17)12-6-4-5-7-12/h10-12H,4-9H2,1-3H3,(H,14,15)/t11-/m1/s1. The summed E-state index contributed by atoms with van der Waals surface area (Å²) >= 11 is 0. The fourth-order valence-electron chi connectivity index (χ4n) is 2.14. The molecule has 0 bridgehead atoms. The Morgan fingerprint density at radius 1 is 1.22 bits per heavy atom. The van der Waals surface area contributed by atoms with E-state index in [9.17, 15) is 13.2 Å². The maximum absolute atomic E-state index is 12.0. The largest absolute Gasteiger partial charge is 0.353 e. The Bertz CT molecular complexity index is 370. The summed E-state index contributed by atoms with van der Waals surface area (Å²) in [4.78, 5) is 11.6. The molecule has 0 unspecified atom stereocenters. The van der Waals surface area contributed by atoms with E-state index in [1.165, 1.54) is 0 Å². The highest BCUT2D eigenvalue weighted by Crippen LogP contribution is 2.25. The molecule has 1 rings (SSSR count). The monoisotopic (exact) mass is 275 g/mol. The average Bonchev–Trinajstić information content (AvgIpc) is 2.80. The third-order valence-electron chi connectivity index (χ3n) is 3.81. The smallest absolute Gasteiger partial charge is 0.221 e. The van der Waals surface area contributed by atoms with Gasteiger partial charge in [0.2, 0.25) is 5.91 Å². The van der Waals surface area contributed by atoms with Crippen LogP contribution in [0.1, 0.15) is 52.9 Å². The fraction of sp³-hybridized carbons (Fsp3) is 0.923. The maximum Gasteiger partial charge on any atom is 0.221 e. The summed E-state index contributed by atoms with van der Waals surface area (Å²) in [6.45, 7) is 5.99. The summed E-state index contributed by atoms with van der Waals surface area (Å²) in [5, 5.41) is 2.64. The van der Waals surface area contributed by atoms with Crippen molar-refractivity contribution in [1.29, 1.82) is 0 Å². The van der Waals surface area contributed by atoms with Gasteiger partial charge in [0.25, 0.3) is 0 Å². The molecule has 0 spiro atoms. The zero-order chi connectivity index (χ0) is 13.8. The van der Waals surface area contributed by atoms with Gasteiger partial charge in [-0.2, -0.15) is 0 Å². The first kappa shape index (κ1) is 15.5. The predicted octanol–water partition coefficient (Wildman–Crippen LogP) is 1.89. The normalized spacial score (nSPS) is 19.1. The van der Waals surface area contributed by atoms with E-state index >= 15 is 0 Å². The van der Waals surface area contributed by atoms with E-state index in [1.54, 1.807) is 0 Å². The Kier molecular flexibility index (Phi) is 5.63. The molecule has 1 atom stereocenters. The van der Waals surface area contributed by atoms with E-state index in [4.69, 9.17) is 0 Å². The molecule has 1 aliphatic carbocycles. The van der Waals surface area contributed by atoms with Crippen molar-refractivity contribution < 1.29 is 13.2 Å². The number of hydrogen-bond donors (Lipinski definition) is 1. The van der Waals surface area contributed by atoms with Gasteiger partial charge in [-0.3, -0.25) is 4.79 Å². The van der Waals surface area contributed by atoms with Gasteiger partial charge in [-0.15, -0.1) is 0 Å². The van der Waals surface area contributed by atoms with Gasteiger partial charge in [-0.1, -0.05) is 26.7 Å². The predicted molar refractivity (Wildman–Crippen MR) is 73.1 cm³/mol. The van der Waals surface area contributed by atoms with Gasteiger partial charge in [0.05, 0.1) is 11.0 Å². The summed E-state index contributed by atoms with van der Waals surface area (Å²) in [5.41, 5.74) is 0. The lowest BCUT2D eigenvalue weighted by Gasteiger charge is -2.17. The van der Waals surface area contributed by atoms with Crippen LogP contribution >= 0.6 is 0 Å². The van der Waals surface area contributed by atoms with E-state index in [0.717, 1.165) is 25.7 Å². The van der Waals surface area contributed by atoms with Gasteiger partial charge in [0.1, 0.15) is 0 Å². The minimum atomic E-state index is -3.07. The van der Waals surface area contributed by atoms with Crippen molar-refractivity contribution in [2.75, 3.05) is 5.75 Å². The van der Waals surface area contributed by atoms with E-state index in [2.05, 4.69) is 5.32 Å². The average molecular weight is 275 g/mol. The van der Waals surface area contributed by atoms with Crippen LogP contribution in [0.3, 0.4) is 0 Å². The number of hydrogen-bond acceptors (Lipinski definition) is 3. The minimum Gasteiger partial charge on any atom is -0.353 e. The second kappa shape index (κ2) is 6.55. The van der Waals surface area contributed by atoms with Crippen LogP contribution in [0.25, 0.3) is 0 Å². The molecule has 1 amide bonds. The van der Waals surface area contributed by atoms with Crippen molar-refractivity contribution in [1.82, 2.24) is 5.32 Å². The Morgan fingerprint density at radius 3 is 2.28 bits per heavy atom. The highest BCUT2D eigenvalue weighted by atomic mass is 32.2. The molecular formula is C13H25NO3S. The van der Waals surface area contributed by atoms with Crippen LogP contribution in [0.4, 0.5) is 0 Å². The minimum absolute atomic E-state index is 0.00564. The van der Waals surface area contributed by atoms with E-state index in [1.807, 2.05) is 20.8 Å². The Labute approximate surface area is 110 Å². The molecule has 0 radical (unpaired) electrons. The van der Waals surface area contributed by atoms with Crippen LogP contribution in [-0.2, 0) is 14.6 Å². The summed E-state index contributed by atoms with van der Waals surface area (Å²) in [5.74, 6) is 0.201. The molecule has 0 saturated heterocycles. The second-order valence-corrected chi connectivity index (χ2v) is 8.02. The molecule has 0 aromatic heterocycles. The van der Waals surface area contributed by atoms with Crippen LogP contribution in [0.5, 0.6) is 0 Å². The van der Waals surface area contributed by atoms with Crippen LogP contribution in [0.15, 0.2) is 0 Å². The number of rotatable bonds is 6. The first-order valence-electron chi connectivity index (χ1n) is 6.84. The summed E-state index contributed by atoms with van der Waals surface area (Å²) in [6.07, 6.45) is 3.63. The number of carbonyl (C=O) groups is 1. The van der Waals surface area contributed by atoms with Crippen LogP contribution in [-0.4, -0.2) is 31.4 Å². The molecule has 18 heavy (non-hydrogen) atoms. The van der Waals surface area contributed by atoms with Crippen molar-refractivity contribution in [3.05, 3.63) is 0 Å². The quantitative estimate of drug-likeness (QED) is 0.805. The molecule has 0 heterocycles. The third-order valence-corrected chi connectivity index (χ3v) is 6.07. The van der Waals surface area contributed by atoms with Crippen molar-refractivity contribution in [3.63, 3.8) is 0 Å². The van der Waals surface area contributed by atoms with Gasteiger partial charge in [-0.25, -0.2) is 8.42 Å². The van der Waals surface area contributed by atoms with Crippen molar-refractivity contribution in [2.45, 2.75) is 64.2 Å². The molecule has 5 heteroatoms. The summed E-state index contributed by atoms with van der Waals surface area (Å²) in [6, 6.07) is 0.0895. The van der Waals surface area contributed by atoms with E-state index in [0.29, 0.717) is 5.92 Å². The first-order valence-corrected chi connectivity index (χ1v) is 8.55. The molecular weight excluding hydrogens is 250 g/mol. The highest BCUT2D eigenvalue weighted by Gasteiger charge is 2.28. The van der Waals surface area contributed by atoms with Crippen molar-refractivity contribution >= 4 is 15.7 Å². The lowest BCUT2D eigenvalue weighted by atomic mass is 10.1. The number of nitrogens with one attached hydrogen (secondary N) is 1. The lowest BCUT2D eigenvalue weighted by molar-refractivity contribution is -0.121. The molecule has 1 N–H and O–H groups in total. The molecule has 1 fully saturated rings. The Hall–Kier alpha value is -0.580. The lowest BCUT2D eigenvalue weighted by Crippen LogP contribution is -2.37. The molecule has 4 nitrogen and oxygen atoms in total. The van der Waals surface area contributed by atoms with E-state index in [-0.39, 0.29) is 29.4 Å². The molecule has 0 aromatic rings. The number of amides is 1. The van der Waals surface area contributed by atoms with Gasteiger partial charge < -0.3 is 5.32 Å².